The molecule has 36 heavy (non-hydrogen) atoms. The van der Waals surface area contributed by atoms with E-state index in [1.165, 1.54) is 11.1 Å². The Morgan fingerprint density at radius 1 is 1.14 bits per heavy atom. The molecular weight excluding hydrogens is 456 g/mol. The number of methoxy groups -OCH3 is 2. The van der Waals surface area contributed by atoms with Gasteiger partial charge in [-0.05, 0) is 85.3 Å². The maximum atomic E-state index is 13.6. The number of rotatable bonds is 8. The van der Waals surface area contributed by atoms with Crippen LogP contribution in [0.15, 0.2) is 54.9 Å². The van der Waals surface area contributed by atoms with Crippen LogP contribution in [0, 0.1) is 0 Å². The lowest BCUT2D eigenvalue weighted by atomic mass is 9.88. The van der Waals surface area contributed by atoms with Crippen LogP contribution in [0.25, 0.3) is 10.9 Å². The van der Waals surface area contributed by atoms with Gasteiger partial charge in [0.1, 0.15) is 5.75 Å². The number of hydrogen-bond donors (Lipinski definition) is 1. The number of hydrogen-bond acceptors (Lipinski definition) is 6. The summed E-state index contributed by atoms with van der Waals surface area (Å²) in [5, 5.41) is 9.13. The molecule has 1 aliphatic rings. The number of H-pyrrole nitrogens is 1. The van der Waals surface area contributed by atoms with E-state index in [0.29, 0.717) is 30.3 Å². The molecule has 2 aromatic carbocycles. The second-order valence-corrected chi connectivity index (χ2v) is 8.77. The third kappa shape index (κ3) is 4.46. The monoisotopic (exact) mass is 486 g/mol. The summed E-state index contributed by atoms with van der Waals surface area (Å²) in [5.41, 5.74) is 4.85. The summed E-state index contributed by atoms with van der Waals surface area (Å²) < 4.78 is 16.9. The summed E-state index contributed by atoms with van der Waals surface area (Å²) in [7, 11) is 3.33. The number of aromatic amines is 1. The molecule has 4 aromatic rings. The standard InChI is InChI=1S/C28H30N4O4/c1-4-36-27-16-22-18(14-26(27)35-3)11-13-32(28(33)24-6-5-12-30-31-24)25(22)10-7-19-17-29-23-9-8-20(34-2)15-21(19)23/h5-6,8-9,12,14-17,25,29H,4,7,10-11,13H2,1-3H3. The lowest BCUT2D eigenvalue weighted by Gasteiger charge is -2.38. The summed E-state index contributed by atoms with van der Waals surface area (Å²) >= 11 is 0. The molecule has 2 aromatic heterocycles. The summed E-state index contributed by atoms with van der Waals surface area (Å²) in [6, 6.07) is 13.4. The number of aromatic nitrogens is 3. The van der Waals surface area contributed by atoms with Crippen molar-refractivity contribution in [3.05, 3.63) is 77.2 Å². The van der Waals surface area contributed by atoms with Gasteiger partial charge >= 0.3 is 0 Å². The highest BCUT2D eigenvalue weighted by molar-refractivity contribution is 5.92. The maximum Gasteiger partial charge on any atom is 0.274 e. The quantitative estimate of drug-likeness (QED) is 0.387. The summed E-state index contributed by atoms with van der Waals surface area (Å²) in [6.45, 7) is 3.07. The molecule has 1 N–H and O–H groups in total. The molecule has 0 saturated carbocycles. The van der Waals surface area contributed by atoms with E-state index in [0.717, 1.165) is 41.5 Å². The van der Waals surface area contributed by atoms with Gasteiger partial charge in [0.25, 0.3) is 5.91 Å². The number of benzene rings is 2. The molecule has 1 unspecified atom stereocenters. The van der Waals surface area contributed by atoms with Gasteiger partial charge in [-0.3, -0.25) is 4.79 Å². The Kier molecular flexibility index (Phi) is 6.75. The van der Waals surface area contributed by atoms with Gasteiger partial charge in [0, 0.05) is 29.8 Å². The van der Waals surface area contributed by atoms with Crippen molar-refractivity contribution in [1.82, 2.24) is 20.1 Å². The summed E-state index contributed by atoms with van der Waals surface area (Å²) in [6.07, 6.45) is 5.86. The smallest absolute Gasteiger partial charge is 0.274 e. The Balaban J connectivity index is 1.52. The summed E-state index contributed by atoms with van der Waals surface area (Å²) in [5.74, 6) is 2.11. The van der Waals surface area contributed by atoms with Crippen LogP contribution >= 0.6 is 0 Å². The van der Waals surface area contributed by atoms with Crippen molar-refractivity contribution in [2.75, 3.05) is 27.4 Å². The molecular formula is C28H30N4O4. The molecule has 1 atom stereocenters. The fourth-order valence-corrected chi connectivity index (χ4v) is 5.04. The molecule has 0 spiro atoms. The third-order valence-electron chi connectivity index (χ3n) is 6.80. The number of nitrogens with zero attached hydrogens (tertiary/aromatic N) is 3. The van der Waals surface area contributed by atoms with Gasteiger partial charge in [-0.2, -0.15) is 5.10 Å². The van der Waals surface area contributed by atoms with Crippen molar-refractivity contribution in [3.63, 3.8) is 0 Å². The molecule has 8 heteroatoms. The topological polar surface area (TPSA) is 89.6 Å². The van der Waals surface area contributed by atoms with Gasteiger partial charge < -0.3 is 24.1 Å². The molecule has 1 amide bonds. The number of aryl methyl sites for hydroxylation is 1. The van der Waals surface area contributed by atoms with E-state index in [1.807, 2.05) is 42.3 Å². The predicted octanol–water partition coefficient (Wildman–Crippen LogP) is 4.75. The van der Waals surface area contributed by atoms with Crippen LogP contribution in [0.2, 0.25) is 0 Å². The van der Waals surface area contributed by atoms with Crippen molar-refractivity contribution < 1.29 is 19.0 Å². The number of ether oxygens (including phenoxy) is 3. The molecule has 0 bridgehead atoms. The van der Waals surface area contributed by atoms with Crippen molar-refractivity contribution in [2.45, 2.75) is 32.2 Å². The normalized spacial score (nSPS) is 15.0. The lowest BCUT2D eigenvalue weighted by molar-refractivity contribution is 0.0642. The van der Waals surface area contributed by atoms with E-state index in [9.17, 15) is 4.79 Å². The third-order valence-corrected chi connectivity index (χ3v) is 6.80. The molecule has 3 heterocycles. The second kappa shape index (κ2) is 10.3. The summed E-state index contributed by atoms with van der Waals surface area (Å²) in [4.78, 5) is 18.8. The zero-order valence-corrected chi connectivity index (χ0v) is 20.8. The van der Waals surface area contributed by atoms with E-state index in [4.69, 9.17) is 14.2 Å². The minimum Gasteiger partial charge on any atom is -0.497 e. The van der Waals surface area contributed by atoms with Crippen LogP contribution in [-0.4, -0.2) is 53.4 Å². The van der Waals surface area contributed by atoms with Gasteiger partial charge in [-0.15, -0.1) is 5.10 Å². The fourth-order valence-electron chi connectivity index (χ4n) is 5.04. The Morgan fingerprint density at radius 3 is 2.78 bits per heavy atom. The minimum absolute atomic E-state index is 0.117. The van der Waals surface area contributed by atoms with Gasteiger partial charge in [0.05, 0.1) is 26.9 Å². The number of amides is 1. The molecule has 1 aliphatic heterocycles. The molecule has 8 nitrogen and oxygen atoms in total. The zero-order valence-electron chi connectivity index (χ0n) is 20.8. The predicted molar refractivity (Wildman–Crippen MR) is 137 cm³/mol. The molecule has 0 saturated heterocycles. The number of nitrogens with one attached hydrogen (secondary N) is 1. The Labute approximate surface area is 210 Å². The highest BCUT2D eigenvalue weighted by Crippen LogP contribution is 2.41. The van der Waals surface area contributed by atoms with Gasteiger partial charge in [0.15, 0.2) is 17.2 Å². The largest absolute Gasteiger partial charge is 0.497 e. The Bertz CT molecular complexity index is 1370. The van der Waals surface area contributed by atoms with Crippen LogP contribution in [0.3, 0.4) is 0 Å². The fraction of sp³-hybridized carbons (Fsp3) is 0.321. The van der Waals surface area contributed by atoms with Crippen molar-refractivity contribution in [3.8, 4) is 17.2 Å². The average Bonchev–Trinajstić information content (AvgIpc) is 3.33. The maximum absolute atomic E-state index is 13.6. The SMILES string of the molecule is CCOc1cc2c(cc1OC)CCN(C(=O)c1cccnn1)C2CCc1c[nH]c2ccc(OC)cc12. The average molecular weight is 487 g/mol. The first-order chi connectivity index (χ1) is 17.6. The van der Waals surface area contributed by atoms with Gasteiger partial charge in [0.2, 0.25) is 0 Å². The molecule has 0 aliphatic carbocycles. The van der Waals surface area contributed by atoms with Crippen molar-refractivity contribution in [2.24, 2.45) is 0 Å². The van der Waals surface area contributed by atoms with E-state index < -0.39 is 0 Å². The first kappa shape index (κ1) is 23.7. The molecule has 186 valence electrons. The van der Waals surface area contributed by atoms with Gasteiger partial charge in [-0.1, -0.05) is 0 Å². The molecule has 0 fully saturated rings. The van der Waals surface area contributed by atoms with Crippen LogP contribution < -0.4 is 14.2 Å². The van der Waals surface area contributed by atoms with E-state index in [1.54, 1.807) is 32.5 Å². The van der Waals surface area contributed by atoms with Crippen molar-refractivity contribution >= 4 is 16.8 Å². The minimum atomic E-state index is -0.149. The highest BCUT2D eigenvalue weighted by Gasteiger charge is 2.33. The Morgan fingerprint density at radius 2 is 2.03 bits per heavy atom. The second-order valence-electron chi connectivity index (χ2n) is 8.77. The first-order valence-electron chi connectivity index (χ1n) is 12.2. The zero-order chi connectivity index (χ0) is 25.1. The van der Waals surface area contributed by atoms with Crippen LogP contribution in [0.4, 0.5) is 0 Å². The van der Waals surface area contributed by atoms with E-state index in [2.05, 4.69) is 21.2 Å². The van der Waals surface area contributed by atoms with Crippen molar-refractivity contribution in [1.29, 1.82) is 0 Å². The number of fused-ring (bicyclic) bond motifs is 2. The molecule has 5 rings (SSSR count). The number of carbonyl (C=O) groups is 1. The Hall–Kier alpha value is -4.07. The van der Waals surface area contributed by atoms with E-state index in [-0.39, 0.29) is 11.9 Å². The van der Waals surface area contributed by atoms with Gasteiger partial charge in [-0.25, -0.2) is 0 Å². The van der Waals surface area contributed by atoms with Crippen LogP contribution in [0.1, 0.15) is 46.6 Å². The molecule has 0 radical (unpaired) electrons. The van der Waals surface area contributed by atoms with Crippen LogP contribution in [-0.2, 0) is 12.8 Å². The highest BCUT2D eigenvalue weighted by atomic mass is 16.5. The van der Waals surface area contributed by atoms with E-state index >= 15 is 0 Å². The van der Waals surface area contributed by atoms with Crippen LogP contribution in [0.5, 0.6) is 17.2 Å². The first-order valence-corrected chi connectivity index (χ1v) is 12.2. The number of carbonyl (C=O) groups excluding carboxylic acids is 1. The lowest BCUT2D eigenvalue weighted by Crippen LogP contribution is -2.40.